The molecule has 0 aliphatic heterocycles. The number of amides is 1. The average Bonchev–Trinajstić information content (AvgIpc) is 3.28. The Morgan fingerprint density at radius 1 is 1.08 bits per heavy atom. The zero-order valence-electron chi connectivity index (χ0n) is 13.1. The average molecular weight is 334 g/mol. The fraction of sp³-hybridized carbons (Fsp3) is 0.0556. The highest BCUT2D eigenvalue weighted by atomic mass is 16.4. The monoisotopic (exact) mass is 334 g/mol. The van der Waals surface area contributed by atoms with Crippen LogP contribution in [0.5, 0.6) is 0 Å². The van der Waals surface area contributed by atoms with Crippen molar-refractivity contribution in [3.05, 3.63) is 66.4 Å². The largest absolute Gasteiger partial charge is 0.454 e. The molecule has 0 saturated carbocycles. The topological polar surface area (TPSA) is 107 Å². The highest BCUT2D eigenvalue weighted by molar-refractivity contribution is 5.90. The van der Waals surface area contributed by atoms with Crippen LogP contribution in [-0.2, 0) is 6.54 Å². The van der Waals surface area contributed by atoms with Gasteiger partial charge in [-0.1, -0.05) is 30.3 Å². The number of hydrogen-bond donors (Lipinski definition) is 2. The molecule has 0 saturated heterocycles. The Hall–Kier alpha value is -3.61. The van der Waals surface area contributed by atoms with Gasteiger partial charge in [0.25, 0.3) is 5.91 Å². The molecule has 3 aromatic heterocycles. The third-order valence-electron chi connectivity index (χ3n) is 3.72. The second-order valence-corrected chi connectivity index (χ2v) is 5.40. The number of nitrogens with two attached hydrogens (primary N) is 1. The molecule has 0 atom stereocenters. The summed E-state index contributed by atoms with van der Waals surface area (Å²) in [5.41, 5.74) is 6.64. The normalized spacial score (nSPS) is 10.9. The summed E-state index contributed by atoms with van der Waals surface area (Å²) in [6, 6.07) is 14.9. The predicted octanol–water partition coefficient (Wildman–Crippen LogP) is 3.19. The van der Waals surface area contributed by atoms with Crippen molar-refractivity contribution >= 4 is 22.8 Å². The van der Waals surface area contributed by atoms with E-state index in [2.05, 4.69) is 15.3 Å². The van der Waals surface area contributed by atoms with E-state index in [0.29, 0.717) is 29.6 Å². The SMILES string of the molecule is NC(=O)c1ccc(CNc2ncnc3oc(-c4ccccc4)cc23)o1. The van der Waals surface area contributed by atoms with Gasteiger partial charge in [-0.2, -0.15) is 0 Å². The number of aromatic nitrogens is 2. The van der Waals surface area contributed by atoms with Crippen molar-refractivity contribution < 1.29 is 13.6 Å². The third kappa shape index (κ3) is 2.94. The summed E-state index contributed by atoms with van der Waals surface area (Å²) in [5.74, 6) is 1.44. The van der Waals surface area contributed by atoms with E-state index in [1.165, 1.54) is 6.33 Å². The second kappa shape index (κ2) is 6.12. The summed E-state index contributed by atoms with van der Waals surface area (Å²) >= 11 is 0. The van der Waals surface area contributed by atoms with E-state index < -0.39 is 5.91 Å². The lowest BCUT2D eigenvalue weighted by molar-refractivity contribution is 0.0972. The van der Waals surface area contributed by atoms with Crippen LogP contribution in [0.1, 0.15) is 16.3 Å². The predicted molar refractivity (Wildman–Crippen MR) is 91.8 cm³/mol. The third-order valence-corrected chi connectivity index (χ3v) is 3.72. The number of furan rings is 2. The first-order chi connectivity index (χ1) is 12.2. The molecule has 25 heavy (non-hydrogen) atoms. The van der Waals surface area contributed by atoms with Crippen LogP contribution in [0.4, 0.5) is 5.82 Å². The minimum Gasteiger partial charge on any atom is -0.454 e. The maximum Gasteiger partial charge on any atom is 0.284 e. The van der Waals surface area contributed by atoms with Crippen LogP contribution < -0.4 is 11.1 Å². The molecular weight excluding hydrogens is 320 g/mol. The highest BCUT2D eigenvalue weighted by Gasteiger charge is 2.12. The maximum absolute atomic E-state index is 11.1. The number of anilines is 1. The molecule has 3 N–H and O–H groups in total. The van der Waals surface area contributed by atoms with Gasteiger partial charge in [0.2, 0.25) is 5.71 Å². The Kier molecular flexibility index (Phi) is 3.66. The number of nitrogens with zero attached hydrogens (tertiary/aromatic N) is 2. The Bertz CT molecular complexity index is 1040. The number of nitrogens with one attached hydrogen (secondary N) is 1. The molecule has 124 valence electrons. The molecule has 0 aliphatic carbocycles. The molecule has 4 aromatic rings. The Morgan fingerprint density at radius 2 is 1.92 bits per heavy atom. The molecule has 0 unspecified atom stereocenters. The van der Waals surface area contributed by atoms with Gasteiger partial charge in [0.1, 0.15) is 23.7 Å². The van der Waals surface area contributed by atoms with E-state index in [9.17, 15) is 4.79 Å². The van der Waals surface area contributed by atoms with Gasteiger partial charge in [-0.3, -0.25) is 4.79 Å². The number of rotatable bonds is 5. The van der Waals surface area contributed by atoms with Crippen molar-refractivity contribution in [3.8, 4) is 11.3 Å². The first kappa shape index (κ1) is 14.9. The van der Waals surface area contributed by atoms with Crippen LogP contribution >= 0.6 is 0 Å². The summed E-state index contributed by atoms with van der Waals surface area (Å²) in [7, 11) is 0. The number of benzene rings is 1. The van der Waals surface area contributed by atoms with Crippen molar-refractivity contribution in [3.63, 3.8) is 0 Å². The number of carbonyl (C=O) groups is 1. The van der Waals surface area contributed by atoms with Gasteiger partial charge >= 0.3 is 0 Å². The minimum atomic E-state index is -0.599. The van der Waals surface area contributed by atoms with Crippen LogP contribution in [0, 0.1) is 0 Å². The van der Waals surface area contributed by atoms with Gasteiger partial charge in [0.15, 0.2) is 5.76 Å². The Balaban J connectivity index is 1.61. The molecule has 0 fully saturated rings. The molecule has 0 spiro atoms. The fourth-order valence-corrected chi connectivity index (χ4v) is 2.52. The molecule has 0 radical (unpaired) electrons. The van der Waals surface area contributed by atoms with Gasteiger partial charge in [-0.25, -0.2) is 9.97 Å². The van der Waals surface area contributed by atoms with Gasteiger partial charge < -0.3 is 19.9 Å². The van der Waals surface area contributed by atoms with Gasteiger partial charge in [0.05, 0.1) is 11.9 Å². The zero-order valence-corrected chi connectivity index (χ0v) is 13.1. The Morgan fingerprint density at radius 3 is 2.68 bits per heavy atom. The van der Waals surface area contributed by atoms with E-state index in [0.717, 1.165) is 10.9 Å². The summed E-state index contributed by atoms with van der Waals surface area (Å²) < 4.78 is 11.2. The van der Waals surface area contributed by atoms with Crippen molar-refractivity contribution in [1.29, 1.82) is 0 Å². The minimum absolute atomic E-state index is 0.124. The number of fused-ring (bicyclic) bond motifs is 1. The van der Waals surface area contributed by atoms with E-state index in [-0.39, 0.29) is 5.76 Å². The van der Waals surface area contributed by atoms with Crippen LogP contribution in [0.2, 0.25) is 0 Å². The highest BCUT2D eigenvalue weighted by Crippen LogP contribution is 2.29. The lowest BCUT2D eigenvalue weighted by Gasteiger charge is -2.03. The lowest BCUT2D eigenvalue weighted by Crippen LogP contribution is -2.09. The maximum atomic E-state index is 11.1. The van der Waals surface area contributed by atoms with E-state index in [1.807, 2.05) is 36.4 Å². The van der Waals surface area contributed by atoms with Gasteiger partial charge in [-0.05, 0) is 18.2 Å². The van der Waals surface area contributed by atoms with Gasteiger partial charge in [-0.15, -0.1) is 0 Å². The Labute approximate surface area is 142 Å². The molecule has 7 nitrogen and oxygen atoms in total. The molecule has 0 aliphatic rings. The zero-order chi connectivity index (χ0) is 17.2. The van der Waals surface area contributed by atoms with E-state index >= 15 is 0 Å². The smallest absolute Gasteiger partial charge is 0.284 e. The molecular formula is C18H14N4O3. The van der Waals surface area contributed by atoms with Crippen LogP contribution in [0.15, 0.2) is 63.7 Å². The van der Waals surface area contributed by atoms with Crippen molar-refractivity contribution in [2.75, 3.05) is 5.32 Å². The summed E-state index contributed by atoms with van der Waals surface area (Å²) in [6.07, 6.45) is 1.43. The summed E-state index contributed by atoms with van der Waals surface area (Å²) in [4.78, 5) is 19.5. The number of primary amides is 1. The van der Waals surface area contributed by atoms with Gasteiger partial charge in [0, 0.05) is 5.56 Å². The molecule has 4 rings (SSSR count). The van der Waals surface area contributed by atoms with E-state index in [1.54, 1.807) is 12.1 Å². The van der Waals surface area contributed by atoms with E-state index in [4.69, 9.17) is 14.6 Å². The molecule has 0 bridgehead atoms. The summed E-state index contributed by atoms with van der Waals surface area (Å²) in [5, 5.41) is 3.93. The quantitative estimate of drug-likeness (QED) is 0.580. The van der Waals surface area contributed by atoms with Crippen molar-refractivity contribution in [2.45, 2.75) is 6.54 Å². The van der Waals surface area contributed by atoms with Crippen molar-refractivity contribution in [2.24, 2.45) is 5.73 Å². The standard InChI is InChI=1S/C18H14N4O3/c19-16(23)14-7-6-12(24-14)9-20-17-13-8-15(11-4-2-1-3-5-11)25-18(13)22-10-21-17/h1-8,10H,9H2,(H2,19,23)(H,20,21,22). The van der Waals surface area contributed by atoms with Crippen LogP contribution in [0.3, 0.4) is 0 Å². The molecule has 1 aromatic carbocycles. The first-order valence-electron chi connectivity index (χ1n) is 7.63. The van der Waals surface area contributed by atoms with Crippen LogP contribution in [0.25, 0.3) is 22.4 Å². The molecule has 7 heteroatoms. The number of hydrogen-bond acceptors (Lipinski definition) is 6. The number of carbonyl (C=O) groups excluding carboxylic acids is 1. The second-order valence-electron chi connectivity index (χ2n) is 5.40. The molecule has 1 amide bonds. The van der Waals surface area contributed by atoms with Crippen LogP contribution in [-0.4, -0.2) is 15.9 Å². The summed E-state index contributed by atoms with van der Waals surface area (Å²) in [6.45, 7) is 0.352. The lowest BCUT2D eigenvalue weighted by atomic mass is 10.2. The van der Waals surface area contributed by atoms with Crippen molar-refractivity contribution in [1.82, 2.24) is 9.97 Å². The molecule has 3 heterocycles. The first-order valence-corrected chi connectivity index (χ1v) is 7.63. The fourth-order valence-electron chi connectivity index (χ4n) is 2.52.